The molecule has 0 saturated heterocycles. The standard InChI is InChI=1S/C22H24F2N4O3/c1-12-7-14(9-26-21(12)31-11-19(23)24)13(2)28-10-17-16(22(28)30)5-6-25-18(17)8-20(29)27-15-3-4-15/h5-7,9,13,15,19H,3-4,8,10-11H2,1-2H3,(H,27,29). The van der Waals surface area contributed by atoms with Crippen LogP contribution in [0.3, 0.4) is 0 Å². The van der Waals surface area contributed by atoms with Crippen LogP contribution in [0.2, 0.25) is 0 Å². The first-order valence-corrected chi connectivity index (χ1v) is 10.3. The first-order chi connectivity index (χ1) is 14.8. The van der Waals surface area contributed by atoms with Gasteiger partial charge in [0, 0.05) is 41.7 Å². The maximum atomic E-state index is 13.0. The molecule has 0 bridgehead atoms. The average molecular weight is 430 g/mol. The van der Waals surface area contributed by atoms with Gasteiger partial charge in [-0.3, -0.25) is 14.6 Å². The van der Waals surface area contributed by atoms with Crippen molar-refractivity contribution in [2.45, 2.75) is 58.2 Å². The topological polar surface area (TPSA) is 84.4 Å². The summed E-state index contributed by atoms with van der Waals surface area (Å²) in [4.78, 5) is 35.5. The van der Waals surface area contributed by atoms with Crippen molar-refractivity contribution in [2.24, 2.45) is 0 Å². The van der Waals surface area contributed by atoms with Gasteiger partial charge in [0.1, 0.15) is 0 Å². The number of amides is 2. The quantitative estimate of drug-likeness (QED) is 0.696. The summed E-state index contributed by atoms with van der Waals surface area (Å²) < 4.78 is 29.8. The molecule has 1 unspecified atom stereocenters. The molecule has 3 heterocycles. The minimum atomic E-state index is -2.57. The molecule has 2 amide bonds. The number of pyridine rings is 2. The van der Waals surface area contributed by atoms with Crippen molar-refractivity contribution >= 4 is 11.8 Å². The summed E-state index contributed by atoms with van der Waals surface area (Å²) in [5.74, 6) is -0.0635. The van der Waals surface area contributed by atoms with Gasteiger partial charge in [-0.05, 0) is 44.4 Å². The van der Waals surface area contributed by atoms with Gasteiger partial charge in [0.25, 0.3) is 12.3 Å². The largest absolute Gasteiger partial charge is 0.471 e. The Morgan fingerprint density at radius 3 is 2.81 bits per heavy atom. The highest BCUT2D eigenvalue weighted by molar-refractivity contribution is 5.99. The Bertz CT molecular complexity index is 1010. The van der Waals surface area contributed by atoms with Crippen LogP contribution in [-0.4, -0.2) is 45.8 Å². The Morgan fingerprint density at radius 1 is 1.35 bits per heavy atom. The van der Waals surface area contributed by atoms with E-state index in [1.165, 1.54) is 6.20 Å². The normalized spacial score (nSPS) is 16.4. The fourth-order valence-corrected chi connectivity index (χ4v) is 3.72. The second kappa shape index (κ2) is 8.56. The number of carbonyl (C=O) groups excluding carboxylic acids is 2. The molecule has 0 radical (unpaired) electrons. The number of fused-ring (bicyclic) bond motifs is 1. The van der Waals surface area contributed by atoms with E-state index in [0.717, 1.165) is 24.0 Å². The Hall–Kier alpha value is -3.10. The van der Waals surface area contributed by atoms with E-state index in [-0.39, 0.29) is 36.2 Å². The molecule has 1 saturated carbocycles. The van der Waals surface area contributed by atoms with Crippen LogP contribution in [0.15, 0.2) is 24.5 Å². The molecule has 2 aromatic rings. The summed E-state index contributed by atoms with van der Waals surface area (Å²) in [6.45, 7) is 3.24. The van der Waals surface area contributed by atoms with E-state index in [0.29, 0.717) is 23.4 Å². The first-order valence-electron chi connectivity index (χ1n) is 10.3. The third-order valence-corrected chi connectivity index (χ3v) is 5.58. The zero-order valence-corrected chi connectivity index (χ0v) is 17.4. The predicted molar refractivity (Wildman–Crippen MR) is 108 cm³/mol. The van der Waals surface area contributed by atoms with Crippen molar-refractivity contribution in [1.82, 2.24) is 20.2 Å². The van der Waals surface area contributed by atoms with Gasteiger partial charge < -0.3 is 15.0 Å². The Kier molecular flexibility index (Phi) is 5.84. The summed E-state index contributed by atoms with van der Waals surface area (Å²) in [6, 6.07) is 3.43. The molecule has 2 aliphatic rings. The Labute approximate surface area is 178 Å². The lowest BCUT2D eigenvalue weighted by Crippen LogP contribution is -2.28. The van der Waals surface area contributed by atoms with E-state index in [9.17, 15) is 18.4 Å². The molecule has 7 nitrogen and oxygen atoms in total. The van der Waals surface area contributed by atoms with Crippen LogP contribution in [0, 0.1) is 6.92 Å². The molecular formula is C22H24F2N4O3. The van der Waals surface area contributed by atoms with E-state index in [4.69, 9.17) is 4.74 Å². The van der Waals surface area contributed by atoms with Gasteiger partial charge in [-0.25, -0.2) is 13.8 Å². The summed E-state index contributed by atoms with van der Waals surface area (Å²) in [5, 5.41) is 2.95. The van der Waals surface area contributed by atoms with Crippen LogP contribution in [0.5, 0.6) is 5.88 Å². The molecule has 0 spiro atoms. The van der Waals surface area contributed by atoms with Crippen molar-refractivity contribution in [2.75, 3.05) is 6.61 Å². The number of ether oxygens (including phenoxy) is 1. The number of halogens is 2. The van der Waals surface area contributed by atoms with Gasteiger partial charge in [-0.2, -0.15) is 0 Å². The predicted octanol–water partition coefficient (Wildman–Crippen LogP) is 2.97. The molecule has 1 aliphatic heterocycles. The minimum absolute atomic E-state index is 0.0819. The molecule has 0 aromatic carbocycles. The number of rotatable bonds is 8. The number of hydrogen-bond donors (Lipinski definition) is 1. The monoisotopic (exact) mass is 430 g/mol. The van der Waals surface area contributed by atoms with Gasteiger partial charge in [-0.15, -0.1) is 0 Å². The highest BCUT2D eigenvalue weighted by Gasteiger charge is 2.34. The molecule has 9 heteroatoms. The molecule has 1 aliphatic carbocycles. The van der Waals surface area contributed by atoms with Gasteiger partial charge in [0.05, 0.1) is 18.2 Å². The third kappa shape index (κ3) is 4.65. The highest BCUT2D eigenvalue weighted by Crippen LogP contribution is 2.33. The number of nitrogens with zero attached hydrogens (tertiary/aromatic N) is 3. The van der Waals surface area contributed by atoms with Crippen LogP contribution >= 0.6 is 0 Å². The second-order valence-corrected chi connectivity index (χ2v) is 8.00. The van der Waals surface area contributed by atoms with Crippen LogP contribution in [-0.2, 0) is 17.8 Å². The number of aromatic nitrogens is 2. The summed E-state index contributed by atoms with van der Waals surface area (Å²) in [6.07, 6.45) is 2.69. The fourth-order valence-electron chi connectivity index (χ4n) is 3.72. The molecule has 31 heavy (non-hydrogen) atoms. The molecule has 1 N–H and O–H groups in total. The molecule has 164 valence electrons. The van der Waals surface area contributed by atoms with Crippen molar-refractivity contribution in [3.63, 3.8) is 0 Å². The second-order valence-electron chi connectivity index (χ2n) is 8.00. The summed E-state index contributed by atoms with van der Waals surface area (Å²) in [5.41, 5.74) is 3.32. The van der Waals surface area contributed by atoms with Gasteiger partial charge in [0.15, 0.2) is 6.61 Å². The SMILES string of the molecule is Cc1cc(C(C)N2Cc3c(ccnc3CC(=O)NC3CC3)C2=O)cnc1OCC(F)F. The maximum Gasteiger partial charge on any atom is 0.272 e. The van der Waals surface area contributed by atoms with E-state index in [1.807, 2.05) is 6.92 Å². The smallest absolute Gasteiger partial charge is 0.272 e. The van der Waals surface area contributed by atoms with E-state index < -0.39 is 13.0 Å². The fraction of sp³-hybridized carbons (Fsp3) is 0.455. The summed E-state index contributed by atoms with van der Waals surface area (Å²) in [7, 11) is 0. The first kappa shape index (κ1) is 21.1. The maximum absolute atomic E-state index is 13.0. The van der Waals surface area contributed by atoms with E-state index >= 15 is 0 Å². The zero-order chi connectivity index (χ0) is 22.1. The number of carbonyl (C=O) groups is 2. The van der Waals surface area contributed by atoms with Gasteiger partial charge >= 0.3 is 0 Å². The average Bonchev–Trinajstić information content (AvgIpc) is 3.47. The lowest BCUT2D eigenvalue weighted by Gasteiger charge is -2.25. The van der Waals surface area contributed by atoms with E-state index in [2.05, 4.69) is 15.3 Å². The molecule has 4 rings (SSSR count). The summed E-state index contributed by atoms with van der Waals surface area (Å²) >= 11 is 0. The number of aryl methyl sites for hydroxylation is 1. The molecule has 2 aromatic heterocycles. The lowest BCUT2D eigenvalue weighted by atomic mass is 10.1. The van der Waals surface area contributed by atoms with Crippen LogP contribution in [0.4, 0.5) is 8.78 Å². The van der Waals surface area contributed by atoms with Gasteiger partial charge in [-0.1, -0.05) is 0 Å². The Morgan fingerprint density at radius 2 is 2.13 bits per heavy atom. The van der Waals surface area contributed by atoms with Crippen molar-refractivity contribution in [3.8, 4) is 5.88 Å². The zero-order valence-electron chi connectivity index (χ0n) is 17.4. The van der Waals surface area contributed by atoms with Crippen LogP contribution < -0.4 is 10.1 Å². The minimum Gasteiger partial charge on any atom is -0.471 e. The van der Waals surface area contributed by atoms with Crippen molar-refractivity contribution in [1.29, 1.82) is 0 Å². The number of alkyl halides is 2. The van der Waals surface area contributed by atoms with Crippen LogP contribution in [0.25, 0.3) is 0 Å². The lowest BCUT2D eigenvalue weighted by molar-refractivity contribution is -0.120. The van der Waals surface area contributed by atoms with Crippen molar-refractivity contribution < 1.29 is 23.1 Å². The van der Waals surface area contributed by atoms with E-state index in [1.54, 1.807) is 30.2 Å². The molecular weight excluding hydrogens is 406 g/mol. The molecule has 1 fully saturated rings. The van der Waals surface area contributed by atoms with Gasteiger partial charge in [0.2, 0.25) is 11.8 Å². The highest BCUT2D eigenvalue weighted by atomic mass is 19.3. The third-order valence-electron chi connectivity index (χ3n) is 5.58. The number of nitrogens with one attached hydrogen (secondary N) is 1. The van der Waals surface area contributed by atoms with Crippen LogP contribution in [0.1, 0.15) is 58.5 Å². The van der Waals surface area contributed by atoms with Crippen molar-refractivity contribution in [3.05, 3.63) is 52.5 Å². The Balaban J connectivity index is 1.49. The number of hydrogen-bond acceptors (Lipinski definition) is 5. The molecule has 1 atom stereocenters.